The van der Waals surface area contributed by atoms with Crippen LogP contribution in [-0.4, -0.2) is 17.5 Å². The minimum absolute atomic E-state index is 0.103. The van der Waals surface area contributed by atoms with Crippen molar-refractivity contribution in [1.82, 2.24) is 10.3 Å². The lowest BCUT2D eigenvalue weighted by atomic mass is 10.0. The van der Waals surface area contributed by atoms with Gasteiger partial charge in [0.25, 0.3) is 0 Å². The summed E-state index contributed by atoms with van der Waals surface area (Å²) >= 11 is 5.81. The first-order valence-electron chi connectivity index (χ1n) is 7.08. The maximum atomic E-state index is 12.8. The first-order valence-corrected chi connectivity index (χ1v) is 7.45. The molecule has 0 bridgehead atoms. The summed E-state index contributed by atoms with van der Waals surface area (Å²) in [6, 6.07) is 7.03. The second kappa shape index (κ2) is 6.32. The molecule has 0 fully saturated rings. The number of nitrogens with one attached hydrogen (secondary N) is 1. The van der Waals surface area contributed by atoms with E-state index in [9.17, 15) is 18.0 Å². The van der Waals surface area contributed by atoms with Gasteiger partial charge in [0.1, 0.15) is 12.5 Å². The second-order valence-corrected chi connectivity index (χ2v) is 5.63. The molecular weight excluding hydrogens is 345 g/mol. The molecule has 2 heterocycles. The van der Waals surface area contributed by atoms with Crippen LogP contribution in [0.3, 0.4) is 0 Å². The van der Waals surface area contributed by atoms with E-state index in [1.54, 1.807) is 18.3 Å². The van der Waals surface area contributed by atoms with Gasteiger partial charge < -0.3 is 10.1 Å². The summed E-state index contributed by atoms with van der Waals surface area (Å²) in [5.74, 6) is -0.497. The van der Waals surface area contributed by atoms with Crippen LogP contribution in [-0.2, 0) is 17.5 Å². The van der Waals surface area contributed by atoms with Gasteiger partial charge in [-0.05, 0) is 17.7 Å². The van der Waals surface area contributed by atoms with Gasteiger partial charge in [-0.15, -0.1) is 0 Å². The van der Waals surface area contributed by atoms with E-state index in [0.29, 0.717) is 11.4 Å². The van der Waals surface area contributed by atoms with Crippen LogP contribution < -0.4 is 10.1 Å². The zero-order valence-electron chi connectivity index (χ0n) is 12.2. The molecule has 0 saturated heterocycles. The number of hydrogen-bond acceptors (Lipinski definition) is 3. The minimum atomic E-state index is -4.54. The topological polar surface area (TPSA) is 51.2 Å². The van der Waals surface area contributed by atoms with Crippen molar-refractivity contribution in [3.63, 3.8) is 0 Å². The largest absolute Gasteiger partial charge is 0.476 e. The van der Waals surface area contributed by atoms with Crippen LogP contribution in [0.5, 0.6) is 5.88 Å². The van der Waals surface area contributed by atoms with Crippen LogP contribution in [0.4, 0.5) is 13.2 Å². The fourth-order valence-electron chi connectivity index (χ4n) is 2.50. The van der Waals surface area contributed by atoms with Gasteiger partial charge in [-0.3, -0.25) is 4.79 Å². The number of ether oxygens (including phenoxy) is 1. The van der Waals surface area contributed by atoms with E-state index in [1.807, 2.05) is 0 Å². The zero-order chi connectivity index (χ0) is 17.3. The molecule has 2 aromatic rings. The predicted molar refractivity (Wildman–Crippen MR) is 80.8 cm³/mol. The van der Waals surface area contributed by atoms with Crippen LogP contribution in [0.2, 0.25) is 5.02 Å². The molecule has 1 amide bonds. The molecular formula is C16H12ClF3N2O2. The highest BCUT2D eigenvalue weighted by atomic mass is 35.5. The van der Waals surface area contributed by atoms with Crippen LogP contribution >= 0.6 is 11.6 Å². The van der Waals surface area contributed by atoms with Gasteiger partial charge >= 0.3 is 6.18 Å². The smallest absolute Gasteiger partial charge is 0.417 e. The Morgan fingerprint density at radius 1 is 1.33 bits per heavy atom. The number of nitrogens with zero attached hydrogens (tertiary/aromatic N) is 1. The van der Waals surface area contributed by atoms with E-state index < -0.39 is 22.7 Å². The lowest BCUT2D eigenvalue weighted by molar-refractivity contribution is -0.137. The molecule has 8 heteroatoms. The normalized spacial score (nSPS) is 16.4. The Morgan fingerprint density at radius 2 is 2.12 bits per heavy atom. The van der Waals surface area contributed by atoms with Crippen LogP contribution in [0, 0.1) is 0 Å². The molecule has 1 aromatic heterocycles. The summed E-state index contributed by atoms with van der Waals surface area (Å²) < 4.78 is 43.9. The summed E-state index contributed by atoms with van der Waals surface area (Å²) in [7, 11) is 0. The molecule has 1 aliphatic rings. The van der Waals surface area contributed by atoms with Crippen molar-refractivity contribution in [1.29, 1.82) is 0 Å². The number of hydrogen-bond donors (Lipinski definition) is 1. The van der Waals surface area contributed by atoms with Crippen molar-refractivity contribution in [3.05, 3.63) is 58.2 Å². The van der Waals surface area contributed by atoms with E-state index in [0.717, 1.165) is 6.07 Å². The van der Waals surface area contributed by atoms with Crippen molar-refractivity contribution < 1.29 is 22.7 Å². The number of amides is 1. The van der Waals surface area contributed by atoms with Gasteiger partial charge in [-0.2, -0.15) is 13.2 Å². The highest BCUT2D eigenvalue weighted by Crippen LogP contribution is 2.36. The van der Waals surface area contributed by atoms with Gasteiger partial charge in [-0.1, -0.05) is 29.8 Å². The third-order valence-electron chi connectivity index (χ3n) is 3.72. The van der Waals surface area contributed by atoms with E-state index in [4.69, 9.17) is 16.3 Å². The Morgan fingerprint density at radius 3 is 2.88 bits per heavy atom. The summed E-state index contributed by atoms with van der Waals surface area (Å²) in [5, 5.41) is 2.20. The summed E-state index contributed by atoms with van der Waals surface area (Å²) in [6.07, 6.45) is -2.98. The summed E-state index contributed by atoms with van der Waals surface area (Å²) in [5.41, 5.74) is -0.0648. The fraction of sp³-hybridized carbons (Fsp3) is 0.250. The average Bonchev–Trinajstić information content (AvgIpc) is 2.96. The first kappa shape index (κ1) is 16.6. The van der Waals surface area contributed by atoms with Gasteiger partial charge in [0.05, 0.1) is 10.6 Å². The molecule has 0 aliphatic carbocycles. The van der Waals surface area contributed by atoms with Gasteiger partial charge in [0.15, 0.2) is 0 Å². The van der Waals surface area contributed by atoms with Crippen molar-refractivity contribution in [3.8, 4) is 5.88 Å². The van der Waals surface area contributed by atoms with Crippen molar-refractivity contribution in [2.24, 2.45) is 0 Å². The Bertz CT molecular complexity index is 780. The molecule has 1 unspecified atom stereocenters. The molecule has 0 radical (unpaired) electrons. The number of alkyl halides is 3. The highest BCUT2D eigenvalue weighted by molar-refractivity contribution is 6.32. The molecule has 0 spiro atoms. The summed E-state index contributed by atoms with van der Waals surface area (Å²) in [4.78, 5) is 16.3. The number of carbonyl (C=O) groups excluding carboxylic acids is 1. The summed E-state index contributed by atoms with van der Waals surface area (Å²) in [6.45, 7) is 0.0438. The molecule has 0 saturated carbocycles. The van der Waals surface area contributed by atoms with Crippen molar-refractivity contribution >= 4 is 17.5 Å². The molecule has 4 nitrogen and oxygen atoms in total. The molecule has 1 N–H and O–H groups in total. The number of benzene rings is 1. The first-order chi connectivity index (χ1) is 11.4. The maximum absolute atomic E-state index is 12.8. The predicted octanol–water partition coefficient (Wildman–Crippen LogP) is 3.55. The average molecular weight is 357 g/mol. The van der Waals surface area contributed by atoms with Crippen LogP contribution in [0.1, 0.15) is 22.6 Å². The standard InChI is InChI=1S/C16H12ClF3N2O2/c17-13-9(3-1-5-12(13)16(18,19)20)7-22-14(23)11-8-24-15-10(11)4-2-6-21-15/h1-6,11H,7-8H2,(H,22,23). The lowest BCUT2D eigenvalue weighted by Crippen LogP contribution is -2.30. The lowest BCUT2D eigenvalue weighted by Gasteiger charge is -2.14. The third-order valence-corrected chi connectivity index (χ3v) is 4.16. The molecule has 1 aromatic carbocycles. The van der Waals surface area contributed by atoms with Gasteiger partial charge in [0.2, 0.25) is 11.8 Å². The number of fused-ring (bicyclic) bond motifs is 1. The van der Waals surface area contributed by atoms with Crippen LogP contribution in [0.15, 0.2) is 36.5 Å². The monoisotopic (exact) mass is 356 g/mol. The molecule has 126 valence electrons. The number of halogens is 4. The third kappa shape index (κ3) is 3.17. The van der Waals surface area contributed by atoms with E-state index in [2.05, 4.69) is 10.3 Å². The highest BCUT2D eigenvalue weighted by Gasteiger charge is 2.34. The number of aromatic nitrogens is 1. The molecule has 1 atom stereocenters. The molecule has 3 rings (SSSR count). The Labute approximate surface area is 140 Å². The quantitative estimate of drug-likeness (QED) is 0.915. The Hall–Kier alpha value is -2.28. The van der Waals surface area contributed by atoms with E-state index >= 15 is 0 Å². The van der Waals surface area contributed by atoms with Crippen molar-refractivity contribution in [2.45, 2.75) is 18.6 Å². The molecule has 1 aliphatic heterocycles. The molecule has 24 heavy (non-hydrogen) atoms. The second-order valence-electron chi connectivity index (χ2n) is 5.26. The maximum Gasteiger partial charge on any atom is 0.417 e. The van der Waals surface area contributed by atoms with E-state index in [-0.39, 0.29) is 24.6 Å². The number of pyridine rings is 1. The Balaban J connectivity index is 1.72. The van der Waals surface area contributed by atoms with Crippen LogP contribution in [0.25, 0.3) is 0 Å². The minimum Gasteiger partial charge on any atom is -0.476 e. The Kier molecular flexibility index (Phi) is 4.36. The van der Waals surface area contributed by atoms with Crippen molar-refractivity contribution in [2.75, 3.05) is 6.61 Å². The number of carbonyl (C=O) groups is 1. The number of rotatable bonds is 3. The van der Waals surface area contributed by atoms with Gasteiger partial charge in [0, 0.05) is 18.3 Å². The zero-order valence-corrected chi connectivity index (χ0v) is 13.0. The SMILES string of the molecule is O=C(NCc1cccc(C(F)(F)F)c1Cl)C1COc2ncccc21. The van der Waals surface area contributed by atoms with Gasteiger partial charge in [-0.25, -0.2) is 4.98 Å². The fourth-order valence-corrected chi connectivity index (χ4v) is 2.80. The van der Waals surface area contributed by atoms with E-state index in [1.165, 1.54) is 12.1 Å².